The van der Waals surface area contributed by atoms with Gasteiger partial charge in [0.2, 0.25) is 11.5 Å². The van der Waals surface area contributed by atoms with E-state index < -0.39 is 29.7 Å². The van der Waals surface area contributed by atoms with Crippen LogP contribution in [-0.2, 0) is 20.9 Å². The van der Waals surface area contributed by atoms with E-state index in [-0.39, 0.29) is 24.3 Å². The Morgan fingerprint density at radius 2 is 1.78 bits per heavy atom. The number of nitrogens with zero attached hydrogens (tertiary/aromatic N) is 2. The van der Waals surface area contributed by atoms with E-state index in [9.17, 15) is 19.2 Å². The maximum absolute atomic E-state index is 13.4. The average Bonchev–Trinajstić information content (AvgIpc) is 3.17. The van der Waals surface area contributed by atoms with Crippen LogP contribution in [0.2, 0.25) is 0 Å². The summed E-state index contributed by atoms with van der Waals surface area (Å²) in [7, 11) is 0. The molecule has 0 spiro atoms. The summed E-state index contributed by atoms with van der Waals surface area (Å²) in [5.41, 5.74) is 0.618. The summed E-state index contributed by atoms with van der Waals surface area (Å²) < 4.78 is 12.7. The van der Waals surface area contributed by atoms with Crippen LogP contribution in [0.15, 0.2) is 62.5 Å². The molecular formula is C23H21N3O6. The lowest BCUT2D eigenvalue weighted by Gasteiger charge is -2.12. The molecule has 0 fully saturated rings. The van der Waals surface area contributed by atoms with Gasteiger partial charge in [0.05, 0.1) is 12.3 Å². The molecule has 164 valence electrons. The zero-order chi connectivity index (χ0) is 22.8. The molecule has 1 amide bonds. The van der Waals surface area contributed by atoms with E-state index in [4.69, 9.17) is 9.15 Å². The normalized spacial score (nSPS) is 11.1. The van der Waals surface area contributed by atoms with Gasteiger partial charge in [-0.2, -0.15) is 0 Å². The molecule has 4 aromatic rings. The molecule has 0 unspecified atom stereocenters. The van der Waals surface area contributed by atoms with E-state index in [0.29, 0.717) is 16.7 Å². The number of para-hydroxylation sites is 1. The third-order valence-electron chi connectivity index (χ3n) is 4.99. The number of esters is 1. The maximum Gasteiger partial charge on any atom is 0.336 e. The fourth-order valence-corrected chi connectivity index (χ4v) is 3.50. The van der Waals surface area contributed by atoms with Crippen LogP contribution in [0.3, 0.4) is 0 Å². The third kappa shape index (κ3) is 3.80. The number of hydrogen-bond acceptors (Lipinski definition) is 6. The van der Waals surface area contributed by atoms with Gasteiger partial charge in [0.1, 0.15) is 24.2 Å². The second kappa shape index (κ2) is 8.54. The summed E-state index contributed by atoms with van der Waals surface area (Å²) in [4.78, 5) is 50.8. The van der Waals surface area contributed by atoms with Crippen molar-refractivity contribution in [1.82, 2.24) is 14.5 Å². The van der Waals surface area contributed by atoms with E-state index in [2.05, 4.69) is 5.32 Å². The number of ether oxygens (including phenoxy) is 1. The number of fused-ring (bicyclic) bond motifs is 3. The maximum atomic E-state index is 13.4. The van der Waals surface area contributed by atoms with Crippen LogP contribution >= 0.6 is 0 Å². The summed E-state index contributed by atoms with van der Waals surface area (Å²) in [6.07, 6.45) is 0. The molecule has 2 heterocycles. The minimum atomic E-state index is -0.691. The molecule has 2 aromatic heterocycles. The summed E-state index contributed by atoms with van der Waals surface area (Å²) in [5, 5.41) is 2.97. The predicted octanol–water partition coefficient (Wildman–Crippen LogP) is 1.89. The highest BCUT2D eigenvalue weighted by molar-refractivity contribution is 6.02. The molecular weight excluding hydrogens is 414 g/mol. The molecule has 0 radical (unpaired) electrons. The zero-order valence-corrected chi connectivity index (χ0v) is 17.6. The smallest absolute Gasteiger partial charge is 0.336 e. The number of hydrogen-bond donors (Lipinski definition) is 1. The van der Waals surface area contributed by atoms with Crippen LogP contribution in [0.25, 0.3) is 27.8 Å². The molecule has 0 saturated heterocycles. The molecule has 2 aromatic carbocycles. The van der Waals surface area contributed by atoms with Crippen LogP contribution in [0.1, 0.15) is 12.5 Å². The van der Waals surface area contributed by atoms with Crippen molar-refractivity contribution in [3.05, 3.63) is 74.9 Å². The minimum absolute atomic E-state index is 0.0374. The van der Waals surface area contributed by atoms with Crippen LogP contribution in [0, 0.1) is 6.92 Å². The first-order valence-corrected chi connectivity index (χ1v) is 10.1. The van der Waals surface area contributed by atoms with E-state index in [0.717, 1.165) is 10.1 Å². The van der Waals surface area contributed by atoms with Gasteiger partial charge in [-0.25, -0.2) is 9.36 Å². The van der Waals surface area contributed by atoms with Crippen LogP contribution in [0.5, 0.6) is 0 Å². The number of furan rings is 1. The minimum Gasteiger partial charge on any atom is -0.465 e. The van der Waals surface area contributed by atoms with Gasteiger partial charge in [-0.05, 0) is 38.1 Å². The molecule has 9 nitrogen and oxygen atoms in total. The molecule has 1 N–H and O–H groups in total. The SMILES string of the molecule is CCOC(=O)CNC(=O)Cn1c(=O)n(-c2ccc(C)cc2)c(=O)c2oc3ccccc3c21. The molecule has 0 aliphatic rings. The van der Waals surface area contributed by atoms with Crippen molar-refractivity contribution in [3.8, 4) is 5.69 Å². The van der Waals surface area contributed by atoms with Gasteiger partial charge in [0, 0.05) is 5.39 Å². The van der Waals surface area contributed by atoms with Crippen molar-refractivity contribution in [1.29, 1.82) is 0 Å². The Balaban J connectivity index is 1.88. The predicted molar refractivity (Wildman–Crippen MR) is 118 cm³/mol. The first-order chi connectivity index (χ1) is 15.4. The topological polar surface area (TPSA) is 113 Å². The Bertz CT molecular complexity index is 1440. The number of carbonyl (C=O) groups excluding carboxylic acids is 2. The Kier molecular flexibility index (Phi) is 5.63. The molecule has 0 atom stereocenters. The first-order valence-electron chi connectivity index (χ1n) is 10.1. The Morgan fingerprint density at radius 3 is 2.50 bits per heavy atom. The molecule has 0 aliphatic heterocycles. The number of aromatic nitrogens is 2. The lowest BCUT2D eigenvalue weighted by molar-refractivity contribution is -0.143. The van der Waals surface area contributed by atoms with Gasteiger partial charge in [-0.3, -0.25) is 19.0 Å². The van der Waals surface area contributed by atoms with Crippen molar-refractivity contribution in [2.24, 2.45) is 0 Å². The number of amides is 1. The number of rotatable bonds is 6. The number of aryl methyl sites for hydroxylation is 1. The summed E-state index contributed by atoms with van der Waals surface area (Å²) in [5.74, 6) is -1.17. The fourth-order valence-electron chi connectivity index (χ4n) is 3.50. The summed E-state index contributed by atoms with van der Waals surface area (Å²) >= 11 is 0. The highest BCUT2D eigenvalue weighted by Crippen LogP contribution is 2.25. The van der Waals surface area contributed by atoms with Crippen molar-refractivity contribution in [2.75, 3.05) is 13.2 Å². The van der Waals surface area contributed by atoms with Crippen LogP contribution < -0.4 is 16.6 Å². The van der Waals surface area contributed by atoms with E-state index in [1.54, 1.807) is 55.5 Å². The van der Waals surface area contributed by atoms with Gasteiger partial charge in [0.15, 0.2) is 0 Å². The number of carbonyl (C=O) groups is 2. The fraction of sp³-hybridized carbons (Fsp3) is 0.217. The molecule has 0 saturated carbocycles. The molecule has 9 heteroatoms. The summed E-state index contributed by atoms with van der Waals surface area (Å²) in [6, 6.07) is 13.7. The van der Waals surface area contributed by atoms with Crippen molar-refractivity contribution in [2.45, 2.75) is 20.4 Å². The molecule has 0 aliphatic carbocycles. The van der Waals surface area contributed by atoms with Gasteiger partial charge in [-0.1, -0.05) is 29.8 Å². The molecule has 0 bridgehead atoms. The van der Waals surface area contributed by atoms with Gasteiger partial charge in [0.25, 0.3) is 0 Å². The number of benzene rings is 2. The molecule has 4 rings (SSSR count). The molecule has 32 heavy (non-hydrogen) atoms. The Morgan fingerprint density at radius 1 is 1.06 bits per heavy atom. The van der Waals surface area contributed by atoms with E-state index >= 15 is 0 Å². The van der Waals surface area contributed by atoms with Crippen molar-refractivity contribution >= 4 is 33.9 Å². The highest BCUT2D eigenvalue weighted by atomic mass is 16.5. The van der Waals surface area contributed by atoms with Crippen LogP contribution in [0.4, 0.5) is 0 Å². The lowest BCUT2D eigenvalue weighted by Crippen LogP contribution is -2.42. The second-order valence-corrected chi connectivity index (χ2v) is 7.20. The second-order valence-electron chi connectivity index (χ2n) is 7.20. The van der Waals surface area contributed by atoms with Gasteiger partial charge >= 0.3 is 17.2 Å². The standard InChI is InChI=1S/C23H21N3O6/c1-3-31-19(28)12-24-18(27)13-25-20-16-6-4-5-7-17(16)32-21(20)22(29)26(23(25)30)15-10-8-14(2)9-11-15/h4-11H,3,12-13H2,1-2H3,(H,24,27). The Hall–Kier alpha value is -4.14. The lowest BCUT2D eigenvalue weighted by atomic mass is 10.2. The van der Waals surface area contributed by atoms with Crippen LogP contribution in [-0.4, -0.2) is 34.2 Å². The zero-order valence-electron chi connectivity index (χ0n) is 17.6. The quantitative estimate of drug-likeness (QED) is 0.463. The van der Waals surface area contributed by atoms with Gasteiger partial charge in [-0.15, -0.1) is 0 Å². The number of nitrogens with one attached hydrogen (secondary N) is 1. The first kappa shape index (κ1) is 21.1. The van der Waals surface area contributed by atoms with E-state index in [1.165, 1.54) is 4.57 Å². The Labute approximate surface area is 181 Å². The monoisotopic (exact) mass is 435 g/mol. The largest absolute Gasteiger partial charge is 0.465 e. The van der Waals surface area contributed by atoms with Gasteiger partial charge < -0.3 is 14.5 Å². The average molecular weight is 435 g/mol. The van der Waals surface area contributed by atoms with E-state index in [1.807, 2.05) is 6.92 Å². The van der Waals surface area contributed by atoms with Crippen molar-refractivity contribution < 1.29 is 18.7 Å². The third-order valence-corrected chi connectivity index (χ3v) is 4.99. The summed E-state index contributed by atoms with van der Waals surface area (Å²) in [6.45, 7) is 3.01. The van der Waals surface area contributed by atoms with Crippen molar-refractivity contribution in [3.63, 3.8) is 0 Å². The highest BCUT2D eigenvalue weighted by Gasteiger charge is 2.22.